The lowest BCUT2D eigenvalue weighted by Crippen LogP contribution is -2.25. The first-order chi connectivity index (χ1) is 14.3. The summed E-state index contributed by atoms with van der Waals surface area (Å²) >= 11 is 3.32. The molecule has 0 saturated carbocycles. The summed E-state index contributed by atoms with van der Waals surface area (Å²) < 4.78 is 15.9. The highest BCUT2D eigenvalue weighted by atomic mass is 79.9. The maximum Gasteiger partial charge on any atom is 0.321 e. The third kappa shape index (κ3) is 5.64. The van der Waals surface area contributed by atoms with E-state index in [4.69, 9.17) is 14.2 Å². The number of rotatable bonds is 9. The number of non-ortho nitro benzene ring substituents is 1. The van der Waals surface area contributed by atoms with E-state index in [1.165, 1.54) is 13.3 Å². The standard InChI is InChI=1S/C17H15BrN4O8/c1-28-14-4-3-10(5-12(14)18)8-19-20-16(23)9-30-17-13(22(26)27)6-11(21(24)25)7-15(17)29-2/h3-8H,9H2,1-2H3,(H,20,23)/b19-8+. The molecule has 0 aromatic heterocycles. The highest BCUT2D eigenvalue weighted by Gasteiger charge is 2.27. The highest BCUT2D eigenvalue weighted by molar-refractivity contribution is 9.10. The summed E-state index contributed by atoms with van der Waals surface area (Å²) in [6.45, 7) is -0.640. The molecule has 0 aliphatic heterocycles. The number of methoxy groups -OCH3 is 2. The number of nitro groups is 2. The average molecular weight is 483 g/mol. The third-order valence-corrected chi connectivity index (χ3v) is 4.19. The zero-order chi connectivity index (χ0) is 22.3. The quantitative estimate of drug-likeness (QED) is 0.324. The number of benzene rings is 2. The number of nitrogens with one attached hydrogen (secondary N) is 1. The monoisotopic (exact) mass is 482 g/mol. The predicted molar refractivity (Wildman–Crippen MR) is 108 cm³/mol. The van der Waals surface area contributed by atoms with Gasteiger partial charge in [-0.05, 0) is 39.7 Å². The molecule has 0 radical (unpaired) electrons. The summed E-state index contributed by atoms with van der Waals surface area (Å²) in [6.07, 6.45) is 1.37. The van der Waals surface area contributed by atoms with E-state index in [0.29, 0.717) is 15.8 Å². The number of halogens is 1. The molecule has 0 fully saturated rings. The van der Waals surface area contributed by atoms with Gasteiger partial charge in [-0.2, -0.15) is 5.10 Å². The Labute approximate surface area is 177 Å². The molecule has 0 atom stereocenters. The molecule has 12 nitrogen and oxygen atoms in total. The lowest BCUT2D eigenvalue weighted by molar-refractivity contribution is -0.394. The van der Waals surface area contributed by atoms with Gasteiger partial charge < -0.3 is 14.2 Å². The Morgan fingerprint density at radius 1 is 1.13 bits per heavy atom. The van der Waals surface area contributed by atoms with E-state index in [1.54, 1.807) is 18.2 Å². The van der Waals surface area contributed by atoms with E-state index < -0.39 is 39.5 Å². The van der Waals surface area contributed by atoms with Crippen LogP contribution in [-0.4, -0.2) is 42.8 Å². The van der Waals surface area contributed by atoms with E-state index in [-0.39, 0.29) is 5.75 Å². The van der Waals surface area contributed by atoms with Crippen molar-refractivity contribution in [2.75, 3.05) is 20.8 Å². The van der Waals surface area contributed by atoms with Gasteiger partial charge in [0.15, 0.2) is 12.4 Å². The van der Waals surface area contributed by atoms with Crippen LogP contribution in [-0.2, 0) is 4.79 Å². The van der Waals surface area contributed by atoms with Crippen LogP contribution < -0.4 is 19.6 Å². The van der Waals surface area contributed by atoms with Crippen molar-refractivity contribution in [2.24, 2.45) is 5.10 Å². The minimum absolute atomic E-state index is 0.254. The van der Waals surface area contributed by atoms with Gasteiger partial charge in [0.1, 0.15) is 5.75 Å². The number of carbonyl (C=O) groups excluding carboxylic acids is 1. The fraction of sp³-hybridized carbons (Fsp3) is 0.176. The van der Waals surface area contributed by atoms with Crippen LogP contribution in [0.5, 0.6) is 17.2 Å². The fourth-order valence-corrected chi connectivity index (χ4v) is 2.78. The van der Waals surface area contributed by atoms with Gasteiger partial charge in [-0.15, -0.1) is 0 Å². The van der Waals surface area contributed by atoms with Crippen molar-refractivity contribution in [3.05, 3.63) is 60.6 Å². The minimum atomic E-state index is -0.873. The summed E-state index contributed by atoms with van der Waals surface area (Å²) in [4.78, 5) is 32.4. The molecular weight excluding hydrogens is 468 g/mol. The average Bonchev–Trinajstić information content (AvgIpc) is 2.71. The molecule has 0 unspecified atom stereocenters. The van der Waals surface area contributed by atoms with Crippen molar-refractivity contribution < 1.29 is 28.9 Å². The zero-order valence-corrected chi connectivity index (χ0v) is 17.2. The van der Waals surface area contributed by atoms with Crippen molar-refractivity contribution in [3.8, 4) is 17.2 Å². The zero-order valence-electron chi connectivity index (χ0n) is 15.7. The van der Waals surface area contributed by atoms with E-state index in [0.717, 1.165) is 19.2 Å². The topological polar surface area (TPSA) is 155 Å². The number of hydrazone groups is 1. The second-order valence-corrected chi connectivity index (χ2v) is 6.34. The highest BCUT2D eigenvalue weighted by Crippen LogP contribution is 2.40. The normalized spacial score (nSPS) is 10.5. The lowest BCUT2D eigenvalue weighted by atomic mass is 10.2. The Hall–Kier alpha value is -3.74. The van der Waals surface area contributed by atoms with Gasteiger partial charge in [-0.1, -0.05) is 0 Å². The molecule has 158 valence electrons. The van der Waals surface area contributed by atoms with E-state index in [9.17, 15) is 25.0 Å². The van der Waals surface area contributed by atoms with E-state index in [1.807, 2.05) is 0 Å². The molecule has 2 aromatic rings. The molecule has 2 aromatic carbocycles. The smallest absolute Gasteiger partial charge is 0.321 e. The largest absolute Gasteiger partial charge is 0.496 e. The Balaban J connectivity index is 2.07. The van der Waals surface area contributed by atoms with Gasteiger partial charge in [0.05, 0.1) is 46.9 Å². The summed E-state index contributed by atoms with van der Waals surface area (Å²) in [5.74, 6) is -0.752. The first-order valence-corrected chi connectivity index (χ1v) is 8.85. The molecule has 0 saturated heterocycles. The number of carbonyl (C=O) groups is 1. The number of nitro benzene ring substituents is 2. The lowest BCUT2D eigenvalue weighted by Gasteiger charge is -2.10. The van der Waals surface area contributed by atoms with Gasteiger partial charge in [0.25, 0.3) is 11.6 Å². The van der Waals surface area contributed by atoms with Gasteiger partial charge >= 0.3 is 5.69 Å². The Morgan fingerprint density at radius 3 is 2.40 bits per heavy atom. The molecule has 2 rings (SSSR count). The fourth-order valence-electron chi connectivity index (χ4n) is 2.22. The number of hydrogen-bond acceptors (Lipinski definition) is 9. The number of amides is 1. The summed E-state index contributed by atoms with van der Waals surface area (Å²) in [5, 5.41) is 25.9. The van der Waals surface area contributed by atoms with Crippen LogP contribution in [0.2, 0.25) is 0 Å². The van der Waals surface area contributed by atoms with Crippen LogP contribution in [0.1, 0.15) is 5.56 Å². The summed E-state index contributed by atoms with van der Waals surface area (Å²) in [6, 6.07) is 6.81. The predicted octanol–water partition coefficient (Wildman–Crippen LogP) is 2.81. The molecule has 1 N–H and O–H groups in total. The van der Waals surface area contributed by atoms with Gasteiger partial charge in [-0.25, -0.2) is 5.43 Å². The van der Waals surface area contributed by atoms with Crippen LogP contribution in [0.25, 0.3) is 0 Å². The van der Waals surface area contributed by atoms with Crippen molar-refractivity contribution in [3.63, 3.8) is 0 Å². The van der Waals surface area contributed by atoms with Crippen LogP contribution >= 0.6 is 15.9 Å². The number of hydrogen-bond donors (Lipinski definition) is 1. The van der Waals surface area contributed by atoms with Gasteiger partial charge in [0.2, 0.25) is 5.75 Å². The third-order valence-electron chi connectivity index (χ3n) is 3.57. The summed E-state index contributed by atoms with van der Waals surface area (Å²) in [5.41, 5.74) is 1.61. The Morgan fingerprint density at radius 2 is 1.83 bits per heavy atom. The summed E-state index contributed by atoms with van der Waals surface area (Å²) in [7, 11) is 2.69. The number of ether oxygens (including phenoxy) is 3. The van der Waals surface area contributed by atoms with Crippen molar-refractivity contribution >= 4 is 39.4 Å². The first kappa shape index (κ1) is 22.5. The molecule has 30 heavy (non-hydrogen) atoms. The van der Waals surface area contributed by atoms with Gasteiger partial charge in [-0.3, -0.25) is 25.0 Å². The molecule has 0 aliphatic rings. The molecular formula is C17H15BrN4O8. The first-order valence-electron chi connectivity index (χ1n) is 8.05. The molecule has 0 heterocycles. The van der Waals surface area contributed by atoms with Crippen LogP contribution in [0, 0.1) is 20.2 Å². The Kier molecular flexibility index (Phi) is 7.63. The van der Waals surface area contributed by atoms with Crippen LogP contribution in [0.4, 0.5) is 11.4 Å². The maximum atomic E-state index is 11.9. The molecule has 13 heteroatoms. The number of nitrogens with zero attached hydrogens (tertiary/aromatic N) is 3. The van der Waals surface area contributed by atoms with Crippen molar-refractivity contribution in [2.45, 2.75) is 0 Å². The maximum absolute atomic E-state index is 11.9. The molecule has 0 bridgehead atoms. The molecule has 0 aliphatic carbocycles. The SMILES string of the molecule is COc1ccc(/C=N/NC(=O)COc2c(OC)cc([N+](=O)[O-])cc2[N+](=O)[O-])cc1Br. The Bertz CT molecular complexity index is 1010. The van der Waals surface area contributed by atoms with Gasteiger partial charge in [0, 0.05) is 0 Å². The van der Waals surface area contributed by atoms with Crippen LogP contribution in [0.3, 0.4) is 0 Å². The second-order valence-electron chi connectivity index (χ2n) is 5.49. The van der Waals surface area contributed by atoms with E-state index >= 15 is 0 Å². The second kappa shape index (κ2) is 10.2. The van der Waals surface area contributed by atoms with Crippen molar-refractivity contribution in [1.82, 2.24) is 5.43 Å². The van der Waals surface area contributed by atoms with E-state index in [2.05, 4.69) is 26.5 Å². The van der Waals surface area contributed by atoms with Crippen LogP contribution in [0.15, 0.2) is 39.9 Å². The molecule has 1 amide bonds. The minimum Gasteiger partial charge on any atom is -0.496 e. The molecule has 0 spiro atoms. The van der Waals surface area contributed by atoms with Crippen molar-refractivity contribution in [1.29, 1.82) is 0 Å².